The quantitative estimate of drug-likeness (QED) is 0.807. The highest BCUT2D eigenvalue weighted by Crippen LogP contribution is 2.31. The van der Waals surface area contributed by atoms with E-state index in [4.69, 9.17) is 14.2 Å². The van der Waals surface area contributed by atoms with Crippen molar-refractivity contribution in [1.29, 1.82) is 0 Å². The summed E-state index contributed by atoms with van der Waals surface area (Å²) in [6.07, 6.45) is 4.45. The molecule has 1 aromatic rings. The number of hydrogen-bond acceptors (Lipinski definition) is 5. The van der Waals surface area contributed by atoms with Crippen molar-refractivity contribution in [1.82, 2.24) is 10.2 Å². The number of nitrogens with zero attached hydrogens (tertiary/aromatic N) is 1. The molecule has 1 saturated carbocycles. The van der Waals surface area contributed by atoms with Gasteiger partial charge in [0.25, 0.3) is 5.91 Å². The average Bonchev–Trinajstić information content (AvgIpc) is 3.36. The molecule has 1 aliphatic carbocycles. The first-order valence-corrected chi connectivity index (χ1v) is 10.2. The summed E-state index contributed by atoms with van der Waals surface area (Å²) in [6.45, 7) is 2.59. The molecule has 0 bridgehead atoms. The van der Waals surface area contributed by atoms with E-state index in [9.17, 15) is 9.59 Å². The predicted molar refractivity (Wildman–Crippen MR) is 103 cm³/mol. The number of carbonyl (C=O) groups is 2. The maximum Gasteiger partial charge on any atom is 0.251 e. The van der Waals surface area contributed by atoms with Gasteiger partial charge < -0.3 is 24.4 Å². The van der Waals surface area contributed by atoms with Gasteiger partial charge in [-0.3, -0.25) is 9.59 Å². The topological polar surface area (TPSA) is 77.1 Å². The zero-order valence-corrected chi connectivity index (χ0v) is 16.3. The fourth-order valence-corrected chi connectivity index (χ4v) is 3.77. The lowest BCUT2D eigenvalue weighted by atomic mass is 10.0. The zero-order valence-electron chi connectivity index (χ0n) is 16.3. The molecule has 2 aliphatic heterocycles. The number of benzene rings is 1. The number of nitrogens with one attached hydrogen (secondary N) is 1. The Hall–Kier alpha value is -2.28. The molecule has 0 spiro atoms. The fraction of sp³-hybridized carbons (Fsp3) is 0.619. The van der Waals surface area contributed by atoms with E-state index < -0.39 is 0 Å². The molecule has 0 radical (unpaired) electrons. The molecule has 1 aromatic carbocycles. The molecular formula is C21H28N2O5. The Morgan fingerprint density at radius 1 is 1.11 bits per heavy atom. The van der Waals surface area contributed by atoms with Crippen LogP contribution in [0.25, 0.3) is 0 Å². The van der Waals surface area contributed by atoms with Crippen LogP contribution in [0.15, 0.2) is 18.2 Å². The summed E-state index contributed by atoms with van der Waals surface area (Å²) in [5.41, 5.74) is 0.580. The Morgan fingerprint density at radius 2 is 1.89 bits per heavy atom. The molecule has 152 valence electrons. The van der Waals surface area contributed by atoms with Crippen LogP contribution in [-0.4, -0.2) is 62.3 Å². The third-order valence-electron chi connectivity index (χ3n) is 5.66. The maximum atomic E-state index is 12.5. The third-order valence-corrected chi connectivity index (χ3v) is 5.66. The van der Waals surface area contributed by atoms with Crippen LogP contribution in [0.1, 0.15) is 42.5 Å². The molecule has 28 heavy (non-hydrogen) atoms. The molecule has 7 heteroatoms. The minimum atomic E-state index is -0.0748. The number of rotatable bonds is 6. The van der Waals surface area contributed by atoms with E-state index in [2.05, 4.69) is 5.32 Å². The summed E-state index contributed by atoms with van der Waals surface area (Å²) in [6, 6.07) is 5.60. The number of ether oxygens (including phenoxy) is 3. The molecule has 2 heterocycles. The number of carbonyl (C=O) groups excluding carboxylic acids is 2. The Balaban J connectivity index is 1.35. The van der Waals surface area contributed by atoms with E-state index in [1.54, 1.807) is 25.3 Å². The van der Waals surface area contributed by atoms with Crippen molar-refractivity contribution < 1.29 is 23.8 Å². The van der Waals surface area contributed by atoms with Gasteiger partial charge in [0.2, 0.25) is 5.91 Å². The summed E-state index contributed by atoms with van der Waals surface area (Å²) < 4.78 is 16.9. The molecule has 2 amide bonds. The van der Waals surface area contributed by atoms with Crippen LogP contribution in [0.5, 0.6) is 11.5 Å². The highest BCUT2D eigenvalue weighted by Gasteiger charge is 2.31. The SMILES string of the molecule is COc1ccc(C(=O)NC2CC2)cc1OC1CCN(C(=O)[C@@H]2CCOC2)CC1. The predicted octanol–water partition coefficient (Wildman–Crippen LogP) is 1.99. The smallest absolute Gasteiger partial charge is 0.251 e. The van der Waals surface area contributed by atoms with Crippen molar-refractivity contribution in [3.8, 4) is 11.5 Å². The van der Waals surface area contributed by atoms with E-state index >= 15 is 0 Å². The van der Waals surface area contributed by atoms with Gasteiger partial charge in [-0.05, 0) is 37.5 Å². The second-order valence-electron chi connectivity index (χ2n) is 7.82. The number of methoxy groups -OCH3 is 1. The molecule has 1 N–H and O–H groups in total. The van der Waals surface area contributed by atoms with Crippen molar-refractivity contribution in [3.63, 3.8) is 0 Å². The molecule has 0 aromatic heterocycles. The van der Waals surface area contributed by atoms with Crippen LogP contribution < -0.4 is 14.8 Å². The minimum absolute atomic E-state index is 0.000443. The van der Waals surface area contributed by atoms with Crippen molar-refractivity contribution in [2.45, 2.75) is 44.2 Å². The van der Waals surface area contributed by atoms with Crippen LogP contribution in [0.2, 0.25) is 0 Å². The van der Waals surface area contributed by atoms with Gasteiger partial charge in [-0.25, -0.2) is 0 Å². The first-order valence-electron chi connectivity index (χ1n) is 10.2. The highest BCUT2D eigenvalue weighted by atomic mass is 16.5. The number of piperidine rings is 1. The van der Waals surface area contributed by atoms with E-state index in [1.165, 1.54) is 0 Å². The van der Waals surface area contributed by atoms with E-state index in [1.807, 2.05) is 4.90 Å². The first kappa shape index (κ1) is 19.1. The zero-order chi connectivity index (χ0) is 19.5. The Bertz CT molecular complexity index is 720. The Morgan fingerprint density at radius 3 is 2.54 bits per heavy atom. The third kappa shape index (κ3) is 4.41. The van der Waals surface area contributed by atoms with Gasteiger partial charge in [0.05, 0.1) is 19.6 Å². The largest absolute Gasteiger partial charge is 0.493 e. The van der Waals surface area contributed by atoms with Crippen LogP contribution in [0.3, 0.4) is 0 Å². The van der Waals surface area contributed by atoms with Crippen LogP contribution in [0, 0.1) is 5.92 Å². The van der Waals surface area contributed by atoms with Gasteiger partial charge in [0.15, 0.2) is 11.5 Å². The van der Waals surface area contributed by atoms with Crippen molar-refractivity contribution in [3.05, 3.63) is 23.8 Å². The molecule has 1 atom stereocenters. The van der Waals surface area contributed by atoms with Gasteiger partial charge in [0.1, 0.15) is 6.10 Å². The average molecular weight is 388 g/mol. The number of likely N-dealkylation sites (tertiary alicyclic amines) is 1. The summed E-state index contributed by atoms with van der Waals surface area (Å²) in [4.78, 5) is 26.8. The van der Waals surface area contributed by atoms with E-state index in [0.29, 0.717) is 49.4 Å². The van der Waals surface area contributed by atoms with E-state index in [-0.39, 0.29) is 23.8 Å². The normalized spacial score (nSPS) is 22.8. The van der Waals surface area contributed by atoms with Crippen LogP contribution >= 0.6 is 0 Å². The molecule has 3 fully saturated rings. The lowest BCUT2D eigenvalue weighted by molar-refractivity contribution is -0.137. The molecule has 7 nitrogen and oxygen atoms in total. The Labute approximate surface area is 165 Å². The lowest BCUT2D eigenvalue weighted by Crippen LogP contribution is -2.44. The molecule has 3 aliphatic rings. The lowest BCUT2D eigenvalue weighted by Gasteiger charge is -2.33. The molecular weight excluding hydrogens is 360 g/mol. The first-order chi connectivity index (χ1) is 13.6. The number of hydrogen-bond donors (Lipinski definition) is 1. The summed E-state index contributed by atoms with van der Waals surface area (Å²) in [5, 5.41) is 2.99. The van der Waals surface area contributed by atoms with Gasteiger partial charge in [-0.15, -0.1) is 0 Å². The highest BCUT2D eigenvalue weighted by molar-refractivity contribution is 5.95. The summed E-state index contributed by atoms with van der Waals surface area (Å²) in [5.74, 6) is 1.34. The molecule has 4 rings (SSSR count). The van der Waals surface area contributed by atoms with Gasteiger partial charge in [-0.2, -0.15) is 0 Å². The minimum Gasteiger partial charge on any atom is -0.493 e. The maximum absolute atomic E-state index is 12.5. The molecule has 0 unspecified atom stereocenters. The van der Waals surface area contributed by atoms with Crippen molar-refractivity contribution >= 4 is 11.8 Å². The standard InChI is InChI=1S/C21H28N2O5/c1-26-18-5-2-14(20(24)22-16-3-4-16)12-19(18)28-17-6-9-23(10-7-17)21(25)15-8-11-27-13-15/h2,5,12,15-17H,3-4,6-11,13H2,1H3,(H,22,24)/t15-/m1/s1. The van der Waals surface area contributed by atoms with Gasteiger partial charge in [-0.1, -0.05) is 0 Å². The monoisotopic (exact) mass is 388 g/mol. The number of amides is 2. The van der Waals surface area contributed by atoms with Crippen LogP contribution in [-0.2, 0) is 9.53 Å². The second-order valence-corrected chi connectivity index (χ2v) is 7.82. The summed E-state index contributed by atoms with van der Waals surface area (Å²) >= 11 is 0. The van der Waals surface area contributed by atoms with Crippen molar-refractivity contribution in [2.75, 3.05) is 33.4 Å². The van der Waals surface area contributed by atoms with Gasteiger partial charge in [0, 0.05) is 44.1 Å². The Kier molecular flexibility index (Phi) is 5.71. The van der Waals surface area contributed by atoms with Crippen LogP contribution in [0.4, 0.5) is 0 Å². The van der Waals surface area contributed by atoms with Crippen molar-refractivity contribution in [2.24, 2.45) is 5.92 Å². The van der Waals surface area contributed by atoms with E-state index in [0.717, 1.165) is 32.1 Å². The fourth-order valence-electron chi connectivity index (χ4n) is 3.77. The molecule has 2 saturated heterocycles. The second kappa shape index (κ2) is 8.39. The summed E-state index contributed by atoms with van der Waals surface area (Å²) in [7, 11) is 1.59. The van der Waals surface area contributed by atoms with Gasteiger partial charge >= 0.3 is 0 Å².